The molecule has 8 heteroatoms. The summed E-state index contributed by atoms with van der Waals surface area (Å²) in [6, 6.07) is 4.88. The second-order valence-corrected chi connectivity index (χ2v) is 7.22. The molecule has 0 atom stereocenters. The second-order valence-electron chi connectivity index (χ2n) is 3.80. The predicted octanol–water partition coefficient (Wildman–Crippen LogP) is 3.30. The van der Waals surface area contributed by atoms with Crippen molar-refractivity contribution in [1.82, 2.24) is 10.2 Å². The highest BCUT2D eigenvalue weighted by Crippen LogP contribution is 2.27. The quantitative estimate of drug-likeness (QED) is 0.814. The van der Waals surface area contributed by atoms with Gasteiger partial charge in [0.05, 0.1) is 6.20 Å². The maximum atomic E-state index is 12.3. The molecule has 2 N–H and O–H groups in total. The number of aromatic nitrogens is 2. The van der Waals surface area contributed by atoms with Crippen molar-refractivity contribution in [2.75, 3.05) is 4.72 Å². The largest absolute Gasteiger partial charge is 0.264 e. The zero-order chi connectivity index (χ0) is 14.0. The van der Waals surface area contributed by atoms with Crippen LogP contribution in [0.4, 0.5) is 5.82 Å². The van der Waals surface area contributed by atoms with E-state index in [1.807, 2.05) is 6.92 Å². The Morgan fingerprint density at radius 2 is 2.11 bits per heavy atom. The molecule has 1 aromatic heterocycles. The van der Waals surface area contributed by atoms with Crippen LogP contribution < -0.4 is 4.72 Å². The molecule has 0 radical (unpaired) electrons. The molecule has 0 saturated carbocycles. The first-order valence-corrected chi connectivity index (χ1v) is 8.51. The Labute approximate surface area is 128 Å². The summed E-state index contributed by atoms with van der Waals surface area (Å²) in [6.45, 7) is 1.93. The van der Waals surface area contributed by atoms with Gasteiger partial charge in [0, 0.05) is 14.5 Å². The van der Waals surface area contributed by atoms with E-state index in [1.54, 1.807) is 18.3 Å². The van der Waals surface area contributed by atoms with E-state index in [0.717, 1.165) is 10.0 Å². The minimum absolute atomic E-state index is 0.173. The van der Waals surface area contributed by atoms with E-state index in [9.17, 15) is 8.42 Å². The van der Waals surface area contributed by atoms with Crippen LogP contribution in [0.15, 0.2) is 38.2 Å². The monoisotopic (exact) mass is 407 g/mol. The van der Waals surface area contributed by atoms with Crippen molar-refractivity contribution in [2.24, 2.45) is 0 Å². The van der Waals surface area contributed by atoms with Gasteiger partial charge in [0.15, 0.2) is 0 Å². The Bertz CT molecular complexity index is 698. The number of halogens is 2. The van der Waals surface area contributed by atoms with E-state index >= 15 is 0 Å². The average Bonchev–Trinajstić information content (AvgIpc) is 2.74. The van der Waals surface area contributed by atoms with Gasteiger partial charge in [-0.05, 0) is 40.5 Å². The number of nitrogens with zero attached hydrogens (tertiary/aromatic N) is 1. The lowest BCUT2D eigenvalue weighted by atomic mass is 10.3. The fourth-order valence-corrected chi connectivity index (χ4v) is 4.35. The van der Waals surface area contributed by atoms with Crippen molar-refractivity contribution in [3.8, 4) is 0 Å². The first-order chi connectivity index (χ1) is 8.94. The maximum Gasteiger partial charge on any atom is 0.264 e. The third-order valence-corrected chi connectivity index (χ3v) is 5.34. The van der Waals surface area contributed by atoms with Gasteiger partial charge in [-0.2, -0.15) is 5.10 Å². The number of hydrogen-bond donors (Lipinski definition) is 2. The van der Waals surface area contributed by atoms with Crippen molar-refractivity contribution in [3.05, 3.63) is 38.9 Å². The van der Waals surface area contributed by atoms with E-state index in [0.29, 0.717) is 16.7 Å². The van der Waals surface area contributed by atoms with Crippen LogP contribution in [0, 0.1) is 0 Å². The molecule has 1 heterocycles. The maximum absolute atomic E-state index is 12.3. The standard InChI is InChI=1S/C11H11Br2N3O2S/c1-2-7-6-14-15-11(7)16-19(17,18)10-4-3-8(12)5-9(10)13/h3-6H,2H2,1H3,(H2,14,15,16). The van der Waals surface area contributed by atoms with Crippen molar-refractivity contribution in [2.45, 2.75) is 18.2 Å². The first-order valence-electron chi connectivity index (χ1n) is 5.44. The molecule has 0 spiro atoms. The molecule has 19 heavy (non-hydrogen) atoms. The highest BCUT2D eigenvalue weighted by atomic mass is 79.9. The number of anilines is 1. The van der Waals surface area contributed by atoms with Gasteiger partial charge in [-0.25, -0.2) is 8.42 Å². The lowest BCUT2D eigenvalue weighted by Gasteiger charge is -2.09. The van der Waals surface area contributed by atoms with E-state index in [-0.39, 0.29) is 4.90 Å². The predicted molar refractivity (Wildman–Crippen MR) is 80.6 cm³/mol. The number of hydrogen-bond acceptors (Lipinski definition) is 3. The molecular weight excluding hydrogens is 398 g/mol. The molecule has 0 aliphatic carbocycles. The van der Waals surface area contributed by atoms with Crippen molar-refractivity contribution >= 4 is 47.7 Å². The molecule has 0 fully saturated rings. The molecule has 0 aliphatic rings. The fraction of sp³-hybridized carbons (Fsp3) is 0.182. The van der Waals surface area contributed by atoms with Crippen molar-refractivity contribution in [3.63, 3.8) is 0 Å². The van der Waals surface area contributed by atoms with E-state index in [2.05, 4.69) is 46.8 Å². The van der Waals surface area contributed by atoms with Crippen LogP contribution in [0.3, 0.4) is 0 Å². The van der Waals surface area contributed by atoms with Crippen LogP contribution in [0.5, 0.6) is 0 Å². The number of sulfonamides is 1. The summed E-state index contributed by atoms with van der Waals surface area (Å²) in [5, 5.41) is 6.48. The summed E-state index contributed by atoms with van der Waals surface area (Å²) >= 11 is 6.53. The first kappa shape index (κ1) is 14.5. The molecule has 2 rings (SSSR count). The number of rotatable bonds is 4. The highest BCUT2D eigenvalue weighted by molar-refractivity contribution is 9.11. The molecule has 102 valence electrons. The molecule has 0 amide bonds. The van der Waals surface area contributed by atoms with Crippen LogP contribution in [-0.4, -0.2) is 18.6 Å². The van der Waals surface area contributed by atoms with Crippen LogP contribution in [0.2, 0.25) is 0 Å². The number of aromatic amines is 1. The summed E-state index contributed by atoms with van der Waals surface area (Å²) in [6.07, 6.45) is 2.30. The number of benzene rings is 1. The Morgan fingerprint density at radius 1 is 1.37 bits per heavy atom. The summed E-state index contributed by atoms with van der Waals surface area (Å²) in [7, 11) is -3.65. The van der Waals surface area contributed by atoms with Crippen LogP contribution >= 0.6 is 31.9 Å². The van der Waals surface area contributed by atoms with Crippen LogP contribution in [-0.2, 0) is 16.4 Å². The summed E-state index contributed by atoms with van der Waals surface area (Å²) in [5.41, 5.74) is 0.816. The Morgan fingerprint density at radius 3 is 2.74 bits per heavy atom. The minimum atomic E-state index is -3.65. The van der Waals surface area contributed by atoms with Gasteiger partial charge in [-0.15, -0.1) is 0 Å². The van der Waals surface area contributed by atoms with Gasteiger partial charge >= 0.3 is 0 Å². The van der Waals surface area contributed by atoms with E-state index in [1.165, 1.54) is 6.07 Å². The summed E-state index contributed by atoms with van der Waals surface area (Å²) < 4.78 is 28.4. The van der Waals surface area contributed by atoms with Crippen LogP contribution in [0.1, 0.15) is 12.5 Å². The smallest absolute Gasteiger partial charge is 0.263 e. The third-order valence-electron chi connectivity index (χ3n) is 2.52. The Kier molecular flexibility index (Phi) is 4.32. The lowest BCUT2D eigenvalue weighted by Crippen LogP contribution is -2.14. The molecule has 0 unspecified atom stereocenters. The summed E-state index contributed by atoms with van der Waals surface area (Å²) in [5.74, 6) is 0.400. The third kappa shape index (κ3) is 3.18. The van der Waals surface area contributed by atoms with Gasteiger partial charge in [-0.1, -0.05) is 22.9 Å². The summed E-state index contributed by atoms with van der Waals surface area (Å²) in [4.78, 5) is 0.173. The molecular formula is C11H11Br2N3O2S. The van der Waals surface area contributed by atoms with Crippen molar-refractivity contribution < 1.29 is 8.42 Å². The Balaban J connectivity index is 2.38. The second kappa shape index (κ2) is 5.64. The van der Waals surface area contributed by atoms with Gasteiger partial charge in [0.1, 0.15) is 10.7 Å². The van der Waals surface area contributed by atoms with Gasteiger partial charge in [-0.3, -0.25) is 9.82 Å². The van der Waals surface area contributed by atoms with Gasteiger partial charge < -0.3 is 0 Å². The topological polar surface area (TPSA) is 74.8 Å². The molecule has 0 aliphatic heterocycles. The zero-order valence-corrected chi connectivity index (χ0v) is 13.9. The van der Waals surface area contributed by atoms with Crippen molar-refractivity contribution in [1.29, 1.82) is 0 Å². The van der Waals surface area contributed by atoms with Gasteiger partial charge in [0.25, 0.3) is 10.0 Å². The number of H-pyrrole nitrogens is 1. The number of aryl methyl sites for hydroxylation is 1. The van der Waals surface area contributed by atoms with Crippen LogP contribution in [0.25, 0.3) is 0 Å². The highest BCUT2D eigenvalue weighted by Gasteiger charge is 2.19. The molecule has 2 aromatic rings. The number of nitrogens with one attached hydrogen (secondary N) is 2. The average molecular weight is 409 g/mol. The zero-order valence-electron chi connectivity index (χ0n) is 9.94. The SMILES string of the molecule is CCc1cn[nH]c1NS(=O)(=O)c1ccc(Br)cc1Br. The normalized spacial score (nSPS) is 11.5. The Hall–Kier alpha value is -0.860. The fourth-order valence-electron chi connectivity index (χ4n) is 1.55. The minimum Gasteiger partial charge on any atom is -0.263 e. The molecule has 0 saturated heterocycles. The van der Waals surface area contributed by atoms with E-state index < -0.39 is 10.0 Å². The molecule has 0 bridgehead atoms. The molecule has 1 aromatic carbocycles. The molecule has 5 nitrogen and oxygen atoms in total. The lowest BCUT2D eigenvalue weighted by molar-refractivity contribution is 0.600. The van der Waals surface area contributed by atoms with E-state index in [4.69, 9.17) is 0 Å². The van der Waals surface area contributed by atoms with Gasteiger partial charge in [0.2, 0.25) is 0 Å².